The lowest BCUT2D eigenvalue weighted by atomic mass is 9.85. The van der Waals surface area contributed by atoms with Gasteiger partial charge in [-0.25, -0.2) is 0 Å². The molecule has 0 radical (unpaired) electrons. The van der Waals surface area contributed by atoms with Crippen LogP contribution in [0.1, 0.15) is 70.7 Å². The molecule has 216 valence electrons. The topological polar surface area (TPSA) is 85.3 Å². The van der Waals surface area contributed by atoms with Gasteiger partial charge in [0.15, 0.2) is 0 Å². The average Bonchev–Trinajstić information content (AvgIpc) is 3.21. The van der Waals surface area contributed by atoms with Crippen molar-refractivity contribution in [1.82, 2.24) is 0 Å². The third-order valence-electron chi connectivity index (χ3n) is 6.94. The zero-order valence-corrected chi connectivity index (χ0v) is 24.7. The summed E-state index contributed by atoms with van der Waals surface area (Å²) in [7, 11) is 0. The Morgan fingerprint density at radius 2 is 1.54 bits per heavy atom. The lowest BCUT2D eigenvalue weighted by molar-refractivity contribution is -0.132. The van der Waals surface area contributed by atoms with Crippen molar-refractivity contribution in [2.24, 2.45) is 0 Å². The van der Waals surface area contributed by atoms with Gasteiger partial charge in [0.1, 0.15) is 23.0 Å². The van der Waals surface area contributed by atoms with Gasteiger partial charge >= 0.3 is 0 Å². The number of Topliss-reactive ketones (excluding diaryl/α,β-unsaturated/α-hetero) is 1. The summed E-state index contributed by atoms with van der Waals surface area (Å²) in [4.78, 5) is 29.0. The van der Waals surface area contributed by atoms with Gasteiger partial charge in [-0.05, 0) is 61.1 Å². The number of anilines is 1. The van der Waals surface area contributed by atoms with Gasteiger partial charge in [0.2, 0.25) is 0 Å². The summed E-state index contributed by atoms with van der Waals surface area (Å²) >= 11 is 0. The molecule has 0 bridgehead atoms. The van der Waals surface area contributed by atoms with Crippen LogP contribution in [0.3, 0.4) is 0 Å². The average molecular weight is 558 g/mol. The van der Waals surface area contributed by atoms with Crippen LogP contribution in [-0.4, -0.2) is 36.6 Å². The molecule has 1 amide bonds. The van der Waals surface area contributed by atoms with Crippen LogP contribution in [0.15, 0.2) is 72.3 Å². The van der Waals surface area contributed by atoms with Crippen LogP contribution in [0.4, 0.5) is 5.69 Å². The van der Waals surface area contributed by atoms with E-state index in [-0.39, 0.29) is 16.7 Å². The van der Waals surface area contributed by atoms with E-state index in [2.05, 4.69) is 20.8 Å². The number of aliphatic hydroxyl groups excluding tert-OH is 1. The Kier molecular flexibility index (Phi) is 9.06. The van der Waals surface area contributed by atoms with E-state index in [1.54, 1.807) is 36.4 Å². The van der Waals surface area contributed by atoms with Gasteiger partial charge < -0.3 is 19.3 Å². The van der Waals surface area contributed by atoms with Crippen molar-refractivity contribution < 1.29 is 28.9 Å². The first-order valence-corrected chi connectivity index (χ1v) is 14.2. The van der Waals surface area contributed by atoms with Gasteiger partial charge in [0, 0.05) is 6.07 Å². The van der Waals surface area contributed by atoms with E-state index >= 15 is 0 Å². The molecule has 41 heavy (non-hydrogen) atoms. The van der Waals surface area contributed by atoms with Crippen LogP contribution < -0.4 is 19.1 Å². The van der Waals surface area contributed by atoms with Crippen molar-refractivity contribution in [1.29, 1.82) is 0 Å². The number of hydrogen-bond donors (Lipinski definition) is 1. The minimum Gasteiger partial charge on any atom is -0.507 e. The van der Waals surface area contributed by atoms with Crippen LogP contribution in [0, 0.1) is 0 Å². The smallest absolute Gasteiger partial charge is 0.300 e. The number of ether oxygens (including phenoxy) is 3. The molecule has 0 aromatic heterocycles. The highest BCUT2D eigenvalue weighted by atomic mass is 16.5. The normalized spacial score (nSPS) is 16.6. The second-order valence-electron chi connectivity index (χ2n) is 10.9. The Hall–Kier alpha value is -4.26. The summed E-state index contributed by atoms with van der Waals surface area (Å²) in [5, 5.41) is 11.8. The standard InChI is InChI=1S/C34H39NO6/c1-7-20-41-27-13-11-10-12-26(27)35-30(22-14-16-23(17-15-22)34(4,5)6)29(32(37)33(35)38)31(36)25-19-18-24(39-8-2)21-28(25)40-9-3/h10-19,21,30,36H,7-9,20H2,1-6H3/b31-29-. The summed E-state index contributed by atoms with van der Waals surface area (Å²) in [5.74, 6) is -0.417. The first kappa shape index (κ1) is 29.7. The largest absolute Gasteiger partial charge is 0.507 e. The molecule has 0 saturated carbocycles. The molecular weight excluding hydrogens is 518 g/mol. The lowest BCUT2D eigenvalue weighted by Gasteiger charge is -2.28. The summed E-state index contributed by atoms with van der Waals surface area (Å²) in [6.07, 6.45) is 0.781. The number of aliphatic hydroxyl groups is 1. The number of rotatable bonds is 10. The van der Waals surface area contributed by atoms with Crippen molar-refractivity contribution in [3.05, 3.63) is 89.0 Å². The van der Waals surface area contributed by atoms with E-state index in [0.717, 1.165) is 12.0 Å². The molecule has 1 aliphatic heterocycles. The van der Waals surface area contributed by atoms with Crippen LogP contribution in [0.25, 0.3) is 5.76 Å². The number of ketones is 1. The van der Waals surface area contributed by atoms with E-state index in [9.17, 15) is 14.7 Å². The maximum Gasteiger partial charge on any atom is 0.300 e. The molecule has 1 N–H and O–H groups in total. The first-order valence-electron chi connectivity index (χ1n) is 14.2. The van der Waals surface area contributed by atoms with Gasteiger partial charge in [0.05, 0.1) is 42.7 Å². The fourth-order valence-corrected chi connectivity index (χ4v) is 4.93. The Morgan fingerprint density at radius 1 is 0.854 bits per heavy atom. The summed E-state index contributed by atoms with van der Waals surface area (Å²) in [6, 6.07) is 19.1. The number of amides is 1. The molecule has 7 nitrogen and oxygen atoms in total. The first-order chi connectivity index (χ1) is 19.6. The van der Waals surface area contributed by atoms with Crippen molar-refractivity contribution in [3.63, 3.8) is 0 Å². The maximum absolute atomic E-state index is 13.8. The second kappa shape index (κ2) is 12.5. The van der Waals surface area contributed by atoms with E-state index < -0.39 is 17.7 Å². The molecule has 1 saturated heterocycles. The SMILES string of the molecule is CCCOc1ccccc1N1C(=O)C(=O)/C(=C(\O)c2ccc(OCC)cc2OCC)C1c1ccc(C(C)(C)C)cc1. The maximum atomic E-state index is 13.8. The highest BCUT2D eigenvalue weighted by molar-refractivity contribution is 6.52. The highest BCUT2D eigenvalue weighted by Crippen LogP contribution is 2.46. The van der Waals surface area contributed by atoms with Crippen molar-refractivity contribution in [2.45, 2.75) is 59.4 Å². The molecule has 1 aliphatic rings. The molecule has 3 aromatic rings. The fourth-order valence-electron chi connectivity index (χ4n) is 4.93. The number of hydrogen-bond acceptors (Lipinski definition) is 6. The van der Waals surface area contributed by atoms with E-state index in [0.29, 0.717) is 53.9 Å². The van der Waals surface area contributed by atoms with E-state index in [1.807, 2.05) is 51.1 Å². The van der Waals surface area contributed by atoms with Gasteiger partial charge in [-0.3, -0.25) is 14.5 Å². The lowest BCUT2D eigenvalue weighted by Crippen LogP contribution is -2.30. The summed E-state index contributed by atoms with van der Waals surface area (Å²) in [6.45, 7) is 13.3. The van der Waals surface area contributed by atoms with Crippen LogP contribution in [-0.2, 0) is 15.0 Å². The monoisotopic (exact) mass is 557 g/mol. The number of nitrogens with zero attached hydrogens (tertiary/aromatic N) is 1. The zero-order chi connectivity index (χ0) is 29.7. The summed E-state index contributed by atoms with van der Waals surface area (Å²) < 4.78 is 17.4. The number of benzene rings is 3. The van der Waals surface area contributed by atoms with Crippen molar-refractivity contribution in [2.75, 3.05) is 24.7 Å². The number of carbonyl (C=O) groups is 2. The Bertz CT molecular complexity index is 1430. The third-order valence-corrected chi connectivity index (χ3v) is 6.94. The Morgan fingerprint density at radius 3 is 2.17 bits per heavy atom. The molecule has 1 unspecified atom stereocenters. The number of para-hydroxylation sites is 2. The van der Waals surface area contributed by atoms with Crippen molar-refractivity contribution >= 4 is 23.1 Å². The predicted molar refractivity (Wildman–Crippen MR) is 161 cm³/mol. The van der Waals surface area contributed by atoms with Gasteiger partial charge in [-0.1, -0.05) is 64.1 Å². The molecule has 1 heterocycles. The molecule has 1 fully saturated rings. The molecule has 4 rings (SSSR count). The minimum absolute atomic E-state index is 0.0195. The van der Waals surface area contributed by atoms with Gasteiger partial charge in [0.25, 0.3) is 11.7 Å². The van der Waals surface area contributed by atoms with Crippen LogP contribution >= 0.6 is 0 Å². The van der Waals surface area contributed by atoms with E-state index in [4.69, 9.17) is 14.2 Å². The molecule has 0 aliphatic carbocycles. The van der Waals surface area contributed by atoms with Gasteiger partial charge in [-0.2, -0.15) is 0 Å². The fraction of sp³-hybridized carbons (Fsp3) is 0.353. The molecule has 0 spiro atoms. The Labute approximate surface area is 242 Å². The van der Waals surface area contributed by atoms with E-state index in [1.165, 1.54) is 4.90 Å². The molecular formula is C34H39NO6. The van der Waals surface area contributed by atoms with Crippen LogP contribution in [0.5, 0.6) is 17.2 Å². The molecule has 3 aromatic carbocycles. The Balaban J connectivity index is 1.95. The quantitative estimate of drug-likeness (QED) is 0.161. The van der Waals surface area contributed by atoms with Gasteiger partial charge in [-0.15, -0.1) is 0 Å². The predicted octanol–water partition coefficient (Wildman–Crippen LogP) is 7.20. The highest BCUT2D eigenvalue weighted by Gasteiger charge is 2.48. The molecule has 1 atom stereocenters. The number of carbonyl (C=O) groups excluding carboxylic acids is 2. The van der Waals surface area contributed by atoms with Crippen LogP contribution in [0.2, 0.25) is 0 Å². The minimum atomic E-state index is -0.892. The zero-order valence-electron chi connectivity index (χ0n) is 24.7. The molecule has 7 heteroatoms. The summed E-state index contributed by atoms with van der Waals surface area (Å²) in [5.41, 5.74) is 2.45. The second-order valence-corrected chi connectivity index (χ2v) is 10.9. The third kappa shape index (κ3) is 6.09. The van der Waals surface area contributed by atoms with Crippen molar-refractivity contribution in [3.8, 4) is 17.2 Å².